The van der Waals surface area contributed by atoms with Gasteiger partial charge in [-0.2, -0.15) is 0 Å². The van der Waals surface area contributed by atoms with Crippen LogP contribution in [0.3, 0.4) is 0 Å². The standard InChI is InChI=1S/C20H30N4O3/c1-20(2,3)27-19(25)24-16(13-8-9-13)12-22-18(21)23-15-10-11-26-17-7-5-4-6-14(15)17/h4-7,13,15-16H,8-12H2,1-3H3,(H,24,25)(H3,21,22,23). The third-order valence-electron chi connectivity index (χ3n) is 4.63. The number of rotatable bonds is 5. The number of ether oxygens (including phenoxy) is 2. The molecule has 1 aromatic carbocycles. The number of alkyl carbamates (subject to hydrolysis) is 1. The molecule has 1 heterocycles. The van der Waals surface area contributed by atoms with Crippen molar-refractivity contribution in [2.75, 3.05) is 13.2 Å². The van der Waals surface area contributed by atoms with Gasteiger partial charge in [0.25, 0.3) is 0 Å². The van der Waals surface area contributed by atoms with Crippen LogP contribution >= 0.6 is 0 Å². The highest BCUT2D eigenvalue weighted by molar-refractivity contribution is 5.78. The Bertz CT molecular complexity index is 695. The van der Waals surface area contributed by atoms with Gasteiger partial charge >= 0.3 is 6.09 Å². The lowest BCUT2D eigenvalue weighted by atomic mass is 10.0. The lowest BCUT2D eigenvalue weighted by Crippen LogP contribution is -2.43. The third kappa shape index (κ3) is 5.77. The highest BCUT2D eigenvalue weighted by Gasteiger charge is 2.33. The fourth-order valence-corrected chi connectivity index (χ4v) is 3.18. The Morgan fingerprint density at radius 1 is 1.33 bits per heavy atom. The van der Waals surface area contributed by atoms with Crippen molar-refractivity contribution in [1.29, 1.82) is 0 Å². The molecule has 4 N–H and O–H groups in total. The van der Waals surface area contributed by atoms with Gasteiger partial charge in [0.1, 0.15) is 11.4 Å². The number of hydrogen-bond acceptors (Lipinski definition) is 4. The molecular weight excluding hydrogens is 344 g/mol. The summed E-state index contributed by atoms with van der Waals surface area (Å²) in [5, 5.41) is 6.22. The van der Waals surface area contributed by atoms with E-state index in [0.717, 1.165) is 30.6 Å². The van der Waals surface area contributed by atoms with E-state index in [2.05, 4.69) is 15.6 Å². The van der Waals surface area contributed by atoms with Crippen molar-refractivity contribution in [2.24, 2.45) is 16.6 Å². The van der Waals surface area contributed by atoms with Crippen LogP contribution in [0.2, 0.25) is 0 Å². The topological polar surface area (TPSA) is 98.0 Å². The minimum Gasteiger partial charge on any atom is -0.493 e. The summed E-state index contributed by atoms with van der Waals surface area (Å²) < 4.78 is 11.0. The van der Waals surface area contributed by atoms with Gasteiger partial charge in [-0.3, -0.25) is 4.99 Å². The monoisotopic (exact) mass is 374 g/mol. The van der Waals surface area contributed by atoms with E-state index in [1.54, 1.807) is 0 Å². The lowest BCUT2D eigenvalue weighted by Gasteiger charge is -2.27. The van der Waals surface area contributed by atoms with Crippen LogP contribution < -0.4 is 21.1 Å². The van der Waals surface area contributed by atoms with Crippen LogP contribution in [0.5, 0.6) is 5.75 Å². The minimum absolute atomic E-state index is 0.0535. The number of aliphatic imine (C=N–C) groups is 1. The molecule has 7 heteroatoms. The smallest absolute Gasteiger partial charge is 0.407 e. The molecule has 2 unspecified atom stereocenters. The van der Waals surface area contributed by atoms with Gasteiger partial charge in [-0.05, 0) is 45.6 Å². The van der Waals surface area contributed by atoms with Crippen molar-refractivity contribution in [2.45, 2.75) is 57.7 Å². The fraction of sp³-hybridized carbons (Fsp3) is 0.600. The number of nitrogens with two attached hydrogens (primary N) is 1. The maximum atomic E-state index is 12.1. The van der Waals surface area contributed by atoms with Crippen molar-refractivity contribution in [1.82, 2.24) is 10.6 Å². The molecule has 1 aromatic rings. The molecule has 148 valence electrons. The molecule has 1 aliphatic carbocycles. The first-order valence-electron chi connectivity index (χ1n) is 9.59. The molecule has 1 fully saturated rings. The van der Waals surface area contributed by atoms with Crippen LogP contribution in [0.25, 0.3) is 0 Å². The predicted octanol–water partition coefficient (Wildman–Crippen LogP) is 2.72. The molecule has 27 heavy (non-hydrogen) atoms. The lowest BCUT2D eigenvalue weighted by molar-refractivity contribution is 0.0500. The second-order valence-corrected chi connectivity index (χ2v) is 8.19. The van der Waals surface area contributed by atoms with E-state index in [9.17, 15) is 4.79 Å². The summed E-state index contributed by atoms with van der Waals surface area (Å²) in [7, 11) is 0. The zero-order valence-electron chi connectivity index (χ0n) is 16.3. The molecule has 2 aliphatic rings. The van der Waals surface area contributed by atoms with E-state index in [1.807, 2.05) is 45.0 Å². The summed E-state index contributed by atoms with van der Waals surface area (Å²) >= 11 is 0. The summed E-state index contributed by atoms with van der Waals surface area (Å²) in [6.07, 6.45) is 2.61. The van der Waals surface area contributed by atoms with Crippen molar-refractivity contribution >= 4 is 12.1 Å². The van der Waals surface area contributed by atoms with Crippen molar-refractivity contribution < 1.29 is 14.3 Å². The Morgan fingerprint density at radius 2 is 2.07 bits per heavy atom. The summed E-state index contributed by atoms with van der Waals surface area (Å²) in [4.78, 5) is 16.5. The Morgan fingerprint density at radius 3 is 2.78 bits per heavy atom. The number of carbonyl (C=O) groups is 1. The molecule has 3 rings (SSSR count). The summed E-state index contributed by atoms with van der Waals surface area (Å²) in [6.45, 7) is 6.64. The molecule has 0 aromatic heterocycles. The molecular formula is C20H30N4O3. The van der Waals surface area contributed by atoms with E-state index >= 15 is 0 Å². The number of fused-ring (bicyclic) bond motifs is 1. The Kier molecular flexibility index (Phi) is 5.77. The van der Waals surface area contributed by atoms with Crippen LogP contribution in [0.1, 0.15) is 51.6 Å². The maximum absolute atomic E-state index is 12.1. The second kappa shape index (κ2) is 8.06. The van der Waals surface area contributed by atoms with E-state index in [0.29, 0.717) is 25.0 Å². The number of para-hydroxylation sites is 1. The summed E-state index contributed by atoms with van der Waals surface area (Å²) in [6, 6.07) is 7.98. The van der Waals surface area contributed by atoms with Crippen LogP contribution in [0, 0.1) is 5.92 Å². The average Bonchev–Trinajstić information content (AvgIpc) is 3.42. The number of guanidine groups is 1. The normalized spacial score (nSPS) is 20.9. The quantitative estimate of drug-likeness (QED) is 0.544. The van der Waals surface area contributed by atoms with Gasteiger partial charge in [0.2, 0.25) is 0 Å². The number of hydrogen-bond donors (Lipinski definition) is 3. The molecule has 2 atom stereocenters. The van der Waals surface area contributed by atoms with Crippen LogP contribution in [-0.4, -0.2) is 36.8 Å². The molecule has 0 bridgehead atoms. The van der Waals surface area contributed by atoms with E-state index in [4.69, 9.17) is 15.2 Å². The second-order valence-electron chi connectivity index (χ2n) is 8.19. The van der Waals surface area contributed by atoms with Crippen LogP contribution in [-0.2, 0) is 4.74 Å². The molecule has 1 amide bonds. The Hall–Kier alpha value is -2.44. The third-order valence-corrected chi connectivity index (χ3v) is 4.63. The van der Waals surface area contributed by atoms with Gasteiger partial charge < -0.3 is 25.8 Å². The molecule has 0 saturated heterocycles. The number of carbonyl (C=O) groups excluding carboxylic acids is 1. The van der Waals surface area contributed by atoms with E-state index < -0.39 is 11.7 Å². The molecule has 0 spiro atoms. The van der Waals surface area contributed by atoms with Gasteiger partial charge in [0, 0.05) is 12.0 Å². The summed E-state index contributed by atoms with van der Waals surface area (Å²) in [5.41, 5.74) is 6.69. The zero-order chi connectivity index (χ0) is 19.4. The number of benzene rings is 1. The average molecular weight is 374 g/mol. The van der Waals surface area contributed by atoms with E-state index in [1.165, 1.54) is 0 Å². The zero-order valence-corrected chi connectivity index (χ0v) is 16.3. The van der Waals surface area contributed by atoms with Crippen molar-refractivity contribution in [3.63, 3.8) is 0 Å². The minimum atomic E-state index is -0.515. The van der Waals surface area contributed by atoms with Crippen molar-refractivity contribution in [3.8, 4) is 5.75 Å². The van der Waals surface area contributed by atoms with Crippen LogP contribution in [0.4, 0.5) is 4.79 Å². The number of amides is 1. The van der Waals surface area contributed by atoms with Gasteiger partial charge in [-0.1, -0.05) is 18.2 Å². The predicted molar refractivity (Wildman–Crippen MR) is 105 cm³/mol. The largest absolute Gasteiger partial charge is 0.493 e. The van der Waals surface area contributed by atoms with Gasteiger partial charge in [-0.15, -0.1) is 0 Å². The van der Waals surface area contributed by atoms with Crippen molar-refractivity contribution in [3.05, 3.63) is 29.8 Å². The maximum Gasteiger partial charge on any atom is 0.407 e. The molecule has 7 nitrogen and oxygen atoms in total. The summed E-state index contributed by atoms with van der Waals surface area (Å²) in [5.74, 6) is 1.71. The number of nitrogens with one attached hydrogen (secondary N) is 2. The Balaban J connectivity index is 1.56. The first-order valence-corrected chi connectivity index (χ1v) is 9.59. The molecule has 1 aliphatic heterocycles. The fourth-order valence-electron chi connectivity index (χ4n) is 3.18. The van der Waals surface area contributed by atoms with Gasteiger partial charge in [-0.25, -0.2) is 4.79 Å². The van der Waals surface area contributed by atoms with E-state index in [-0.39, 0.29) is 12.1 Å². The first-order chi connectivity index (χ1) is 12.8. The Labute approximate surface area is 160 Å². The van der Waals surface area contributed by atoms with Gasteiger partial charge in [0.15, 0.2) is 5.96 Å². The highest BCUT2D eigenvalue weighted by atomic mass is 16.6. The number of nitrogens with zero attached hydrogens (tertiary/aromatic N) is 1. The van der Waals surface area contributed by atoms with Crippen LogP contribution in [0.15, 0.2) is 29.3 Å². The highest BCUT2D eigenvalue weighted by Crippen LogP contribution is 2.33. The SMILES string of the molecule is CC(C)(C)OC(=O)NC(CN=C(N)NC1CCOc2ccccc21)C1CC1. The van der Waals surface area contributed by atoms with Gasteiger partial charge in [0.05, 0.1) is 25.2 Å². The molecule has 0 radical (unpaired) electrons. The first kappa shape index (κ1) is 19.3. The molecule has 1 saturated carbocycles.